The summed E-state index contributed by atoms with van der Waals surface area (Å²) in [7, 11) is 0. The Morgan fingerprint density at radius 3 is 2.00 bits per heavy atom. The highest BCUT2D eigenvalue weighted by Crippen LogP contribution is 1.93. The van der Waals surface area contributed by atoms with E-state index in [1.165, 1.54) is 0 Å². The van der Waals surface area contributed by atoms with Crippen LogP contribution >= 0.6 is 0 Å². The molecule has 0 saturated carbocycles. The molecule has 2 heteroatoms. The van der Waals surface area contributed by atoms with Crippen LogP contribution in [0.3, 0.4) is 0 Å². The van der Waals surface area contributed by atoms with Crippen LogP contribution in [0.2, 0.25) is 0 Å². The highest BCUT2D eigenvalue weighted by atomic mass is 16.1. The molecule has 0 aromatic heterocycles. The van der Waals surface area contributed by atoms with Gasteiger partial charge in [0.05, 0.1) is 0 Å². The zero-order chi connectivity index (χ0) is 7.82. The van der Waals surface area contributed by atoms with E-state index < -0.39 is 5.91 Å². The summed E-state index contributed by atoms with van der Waals surface area (Å²) in [5, 5.41) is 0. The molecular formula is C8H11NO. The van der Waals surface area contributed by atoms with Gasteiger partial charge in [0, 0.05) is 0 Å². The molecule has 0 heterocycles. The first kappa shape index (κ1) is 8.69. The standard InChI is InChI=1S/C5H6.C3H5NO/c1-2-4-5-3-1;1-2-3(4)5/h1-4H,5H2;2H,1H2,(H2,4,5). The predicted molar refractivity (Wildman–Crippen MR) is 42.3 cm³/mol. The van der Waals surface area contributed by atoms with Gasteiger partial charge in [0.15, 0.2) is 0 Å². The lowest BCUT2D eigenvalue weighted by molar-refractivity contribution is -0.113. The van der Waals surface area contributed by atoms with Crippen molar-refractivity contribution in [2.24, 2.45) is 5.73 Å². The largest absolute Gasteiger partial charge is 0.366 e. The fourth-order valence-corrected chi connectivity index (χ4v) is 0.393. The number of hydrogen-bond acceptors (Lipinski definition) is 1. The predicted octanol–water partition coefficient (Wildman–Crippen LogP) is 1.16. The van der Waals surface area contributed by atoms with Crippen LogP contribution in [0.4, 0.5) is 0 Å². The van der Waals surface area contributed by atoms with E-state index in [1.807, 2.05) is 0 Å². The lowest BCUT2D eigenvalue weighted by Gasteiger charge is -1.65. The number of hydrogen-bond donors (Lipinski definition) is 1. The highest BCUT2D eigenvalue weighted by molar-refractivity contribution is 5.84. The maximum atomic E-state index is 9.47. The molecular weight excluding hydrogens is 126 g/mol. The van der Waals surface area contributed by atoms with Gasteiger partial charge in [-0.25, -0.2) is 0 Å². The van der Waals surface area contributed by atoms with E-state index in [2.05, 4.69) is 36.6 Å². The molecule has 0 saturated heterocycles. The number of rotatable bonds is 1. The van der Waals surface area contributed by atoms with Gasteiger partial charge in [0.2, 0.25) is 5.91 Å². The summed E-state index contributed by atoms with van der Waals surface area (Å²) in [5.74, 6) is -0.481. The molecule has 0 spiro atoms. The van der Waals surface area contributed by atoms with E-state index >= 15 is 0 Å². The zero-order valence-electron chi connectivity index (χ0n) is 5.79. The van der Waals surface area contributed by atoms with Gasteiger partial charge in [0.1, 0.15) is 0 Å². The highest BCUT2D eigenvalue weighted by Gasteiger charge is 1.72. The monoisotopic (exact) mass is 137 g/mol. The van der Waals surface area contributed by atoms with Gasteiger partial charge < -0.3 is 5.73 Å². The molecule has 1 rings (SSSR count). The third-order valence-corrected chi connectivity index (χ3v) is 0.857. The summed E-state index contributed by atoms with van der Waals surface area (Å²) in [6.07, 6.45) is 10.6. The third-order valence-electron chi connectivity index (χ3n) is 0.857. The van der Waals surface area contributed by atoms with E-state index in [9.17, 15) is 4.79 Å². The molecule has 0 aromatic carbocycles. The molecule has 54 valence electrons. The van der Waals surface area contributed by atoms with Crippen molar-refractivity contribution in [1.82, 2.24) is 0 Å². The molecule has 1 amide bonds. The van der Waals surface area contributed by atoms with Gasteiger partial charge in [-0.15, -0.1) is 0 Å². The average molecular weight is 137 g/mol. The molecule has 0 aliphatic heterocycles. The van der Waals surface area contributed by atoms with Crippen LogP contribution in [-0.4, -0.2) is 5.91 Å². The fraction of sp³-hybridized carbons (Fsp3) is 0.125. The number of primary amides is 1. The number of allylic oxidation sites excluding steroid dienone is 4. The zero-order valence-corrected chi connectivity index (χ0v) is 5.79. The summed E-state index contributed by atoms with van der Waals surface area (Å²) in [6.45, 7) is 3.09. The Labute approximate surface area is 60.7 Å². The van der Waals surface area contributed by atoms with Gasteiger partial charge in [-0.05, 0) is 12.5 Å². The maximum Gasteiger partial charge on any atom is 0.240 e. The van der Waals surface area contributed by atoms with Crippen LogP contribution in [-0.2, 0) is 4.79 Å². The van der Waals surface area contributed by atoms with Crippen molar-refractivity contribution in [3.8, 4) is 0 Å². The van der Waals surface area contributed by atoms with Gasteiger partial charge in [-0.3, -0.25) is 4.79 Å². The molecule has 0 atom stereocenters. The molecule has 0 unspecified atom stereocenters. The lowest BCUT2D eigenvalue weighted by atomic mass is 10.5. The molecule has 10 heavy (non-hydrogen) atoms. The first-order valence-electron chi connectivity index (χ1n) is 3.01. The van der Waals surface area contributed by atoms with E-state index in [1.54, 1.807) is 0 Å². The smallest absolute Gasteiger partial charge is 0.240 e. The number of carbonyl (C=O) groups excluding carboxylic acids is 1. The van der Waals surface area contributed by atoms with Crippen molar-refractivity contribution in [2.45, 2.75) is 6.42 Å². The minimum Gasteiger partial charge on any atom is -0.366 e. The maximum absolute atomic E-state index is 9.47. The van der Waals surface area contributed by atoms with Crippen LogP contribution < -0.4 is 5.73 Å². The van der Waals surface area contributed by atoms with Gasteiger partial charge >= 0.3 is 0 Å². The molecule has 0 bridgehead atoms. The minimum atomic E-state index is -0.481. The Bertz CT molecular complexity index is 158. The first-order chi connectivity index (χ1) is 4.77. The molecule has 2 nitrogen and oxygen atoms in total. The molecule has 1 aliphatic rings. The number of nitrogens with two attached hydrogens (primary N) is 1. The summed E-state index contributed by atoms with van der Waals surface area (Å²) in [5.41, 5.74) is 4.53. The van der Waals surface area contributed by atoms with Gasteiger partial charge in [0.25, 0.3) is 0 Å². The van der Waals surface area contributed by atoms with E-state index in [-0.39, 0.29) is 0 Å². The van der Waals surface area contributed by atoms with Crippen molar-refractivity contribution in [2.75, 3.05) is 0 Å². The molecule has 1 aliphatic carbocycles. The van der Waals surface area contributed by atoms with Crippen molar-refractivity contribution in [1.29, 1.82) is 0 Å². The Hall–Kier alpha value is -1.31. The first-order valence-corrected chi connectivity index (χ1v) is 3.01. The van der Waals surface area contributed by atoms with Gasteiger partial charge in [-0.2, -0.15) is 0 Å². The van der Waals surface area contributed by atoms with Crippen LogP contribution in [0.5, 0.6) is 0 Å². The van der Waals surface area contributed by atoms with Crippen LogP contribution in [0.25, 0.3) is 0 Å². The average Bonchev–Trinajstić information content (AvgIpc) is 2.43. The summed E-state index contributed by atoms with van der Waals surface area (Å²) in [4.78, 5) is 9.47. The van der Waals surface area contributed by atoms with Crippen LogP contribution in [0.15, 0.2) is 37.0 Å². The second kappa shape index (κ2) is 5.82. The van der Waals surface area contributed by atoms with Crippen molar-refractivity contribution in [3.63, 3.8) is 0 Å². The Kier molecular flexibility index (Phi) is 5.06. The van der Waals surface area contributed by atoms with Gasteiger partial charge in [-0.1, -0.05) is 30.9 Å². The quantitative estimate of drug-likeness (QED) is 0.541. The van der Waals surface area contributed by atoms with Crippen molar-refractivity contribution < 1.29 is 4.79 Å². The lowest BCUT2D eigenvalue weighted by Crippen LogP contribution is -2.04. The van der Waals surface area contributed by atoms with Crippen molar-refractivity contribution >= 4 is 5.91 Å². The Balaban J connectivity index is 0.000000162. The van der Waals surface area contributed by atoms with Crippen LogP contribution in [0, 0.1) is 0 Å². The molecule has 2 N–H and O–H groups in total. The van der Waals surface area contributed by atoms with E-state index in [0.29, 0.717) is 0 Å². The molecule has 0 radical (unpaired) electrons. The summed E-state index contributed by atoms with van der Waals surface area (Å²) in [6, 6.07) is 0. The number of carbonyl (C=O) groups is 1. The number of amides is 1. The summed E-state index contributed by atoms with van der Waals surface area (Å²) >= 11 is 0. The molecule has 0 fully saturated rings. The molecule has 0 aromatic rings. The third kappa shape index (κ3) is 6.69. The van der Waals surface area contributed by atoms with E-state index in [0.717, 1.165) is 12.5 Å². The topological polar surface area (TPSA) is 43.1 Å². The van der Waals surface area contributed by atoms with Crippen LogP contribution in [0.1, 0.15) is 6.42 Å². The van der Waals surface area contributed by atoms with E-state index in [4.69, 9.17) is 0 Å². The van der Waals surface area contributed by atoms with Crippen molar-refractivity contribution in [3.05, 3.63) is 37.0 Å². The second-order valence-electron chi connectivity index (χ2n) is 1.70. The summed E-state index contributed by atoms with van der Waals surface area (Å²) < 4.78 is 0. The second-order valence-corrected chi connectivity index (χ2v) is 1.70. The minimum absolute atomic E-state index is 0.481. The Morgan fingerprint density at radius 1 is 1.50 bits per heavy atom. The SMILES string of the molecule is C1=CCC=C1.C=CC(N)=O. The fourth-order valence-electron chi connectivity index (χ4n) is 0.393. The normalized spacial score (nSPS) is 12.0. The Morgan fingerprint density at radius 2 is 1.90 bits per heavy atom.